The zero-order valence-corrected chi connectivity index (χ0v) is 13.6. The van der Waals surface area contributed by atoms with Gasteiger partial charge in [0.05, 0.1) is 6.54 Å². The van der Waals surface area contributed by atoms with Crippen molar-refractivity contribution < 1.29 is 19.2 Å². The first-order valence-electron chi connectivity index (χ1n) is 8.34. The summed E-state index contributed by atoms with van der Waals surface area (Å²) in [5.74, 6) is -1.00. The summed E-state index contributed by atoms with van der Waals surface area (Å²) >= 11 is 0. The average molecular weight is 342 g/mol. The zero-order valence-electron chi connectivity index (χ0n) is 13.6. The van der Waals surface area contributed by atoms with E-state index in [9.17, 15) is 19.2 Å². The van der Waals surface area contributed by atoms with Gasteiger partial charge in [-0.1, -0.05) is 6.07 Å². The molecule has 0 bridgehead atoms. The maximum atomic E-state index is 12.8. The van der Waals surface area contributed by atoms with E-state index < -0.39 is 11.9 Å². The van der Waals surface area contributed by atoms with Crippen LogP contribution in [0, 0.1) is 0 Å². The molecule has 0 spiro atoms. The average Bonchev–Trinajstić information content (AvgIpc) is 2.93. The van der Waals surface area contributed by atoms with Crippen LogP contribution in [-0.2, 0) is 20.9 Å². The van der Waals surface area contributed by atoms with Crippen molar-refractivity contribution >= 4 is 29.3 Å². The van der Waals surface area contributed by atoms with Crippen LogP contribution in [0.5, 0.6) is 0 Å². The van der Waals surface area contributed by atoms with Crippen molar-refractivity contribution in [1.29, 1.82) is 0 Å². The summed E-state index contributed by atoms with van der Waals surface area (Å²) in [6.07, 6.45) is 0.548. The molecule has 1 unspecified atom stereocenters. The molecule has 0 aromatic heterocycles. The van der Waals surface area contributed by atoms with Gasteiger partial charge in [-0.3, -0.25) is 24.5 Å². The summed E-state index contributed by atoms with van der Waals surface area (Å²) in [6.45, 7) is 1.78. The number of carbonyl (C=O) groups is 4. The molecule has 8 heteroatoms. The Balaban J connectivity index is 1.65. The molecule has 4 amide bonds. The molecule has 1 atom stereocenters. The topological polar surface area (TPSA) is 98.8 Å². The van der Waals surface area contributed by atoms with Crippen LogP contribution in [0.3, 0.4) is 0 Å². The fraction of sp³-hybridized carbons (Fsp3) is 0.412. The van der Waals surface area contributed by atoms with Crippen molar-refractivity contribution in [3.63, 3.8) is 0 Å². The second-order valence-electron chi connectivity index (χ2n) is 6.43. The van der Waals surface area contributed by atoms with E-state index in [0.29, 0.717) is 25.1 Å². The number of nitrogens with one attached hydrogen (secondary N) is 2. The van der Waals surface area contributed by atoms with Crippen LogP contribution >= 0.6 is 0 Å². The second kappa shape index (κ2) is 5.96. The monoisotopic (exact) mass is 342 g/mol. The van der Waals surface area contributed by atoms with Gasteiger partial charge in [-0.15, -0.1) is 0 Å². The number of hydrogen-bond donors (Lipinski definition) is 2. The summed E-state index contributed by atoms with van der Waals surface area (Å²) in [6, 6.07) is 4.67. The van der Waals surface area contributed by atoms with Crippen molar-refractivity contribution in [3.8, 4) is 0 Å². The molecular formula is C17H18N4O4. The third-order valence-corrected chi connectivity index (χ3v) is 4.94. The number of carbonyl (C=O) groups excluding carboxylic acids is 4. The lowest BCUT2D eigenvalue weighted by molar-refractivity contribution is -0.137. The zero-order chi connectivity index (χ0) is 17.6. The molecule has 8 nitrogen and oxygen atoms in total. The minimum absolute atomic E-state index is 0.0356. The Morgan fingerprint density at radius 3 is 2.72 bits per heavy atom. The Morgan fingerprint density at radius 1 is 1.12 bits per heavy atom. The van der Waals surface area contributed by atoms with Crippen LogP contribution in [-0.4, -0.2) is 54.2 Å². The summed E-state index contributed by atoms with van der Waals surface area (Å²) in [5, 5.41) is 5.32. The van der Waals surface area contributed by atoms with Gasteiger partial charge in [0.2, 0.25) is 17.7 Å². The molecular weight excluding hydrogens is 324 g/mol. The van der Waals surface area contributed by atoms with Gasteiger partial charge in [0.25, 0.3) is 5.91 Å². The lowest BCUT2D eigenvalue weighted by Crippen LogP contribution is -2.52. The molecule has 2 N–H and O–H groups in total. The van der Waals surface area contributed by atoms with E-state index in [-0.39, 0.29) is 37.2 Å². The highest BCUT2D eigenvalue weighted by atomic mass is 16.2. The number of fused-ring (bicyclic) bond motifs is 1. The molecule has 4 rings (SSSR count). The molecule has 2 fully saturated rings. The van der Waals surface area contributed by atoms with E-state index in [1.807, 2.05) is 6.07 Å². The van der Waals surface area contributed by atoms with Gasteiger partial charge >= 0.3 is 0 Å². The summed E-state index contributed by atoms with van der Waals surface area (Å²) in [4.78, 5) is 51.7. The van der Waals surface area contributed by atoms with Crippen LogP contribution < -0.4 is 15.5 Å². The molecule has 0 aliphatic carbocycles. The first-order chi connectivity index (χ1) is 12.1. The maximum Gasteiger partial charge on any atom is 0.255 e. The fourth-order valence-corrected chi connectivity index (χ4v) is 3.68. The van der Waals surface area contributed by atoms with Gasteiger partial charge < -0.3 is 15.1 Å². The number of piperidine rings is 1. The van der Waals surface area contributed by atoms with Gasteiger partial charge in [-0.2, -0.15) is 0 Å². The summed E-state index contributed by atoms with van der Waals surface area (Å²) in [5.41, 5.74) is 2.02. The quantitative estimate of drug-likeness (QED) is 0.698. The van der Waals surface area contributed by atoms with Gasteiger partial charge in [-0.25, -0.2) is 0 Å². The normalized spacial score (nSPS) is 23.8. The van der Waals surface area contributed by atoms with Crippen molar-refractivity contribution in [2.75, 3.05) is 24.5 Å². The van der Waals surface area contributed by atoms with Crippen LogP contribution in [0.1, 0.15) is 28.8 Å². The Hall–Kier alpha value is -2.74. The number of hydrogen-bond acceptors (Lipinski definition) is 5. The molecule has 130 valence electrons. The van der Waals surface area contributed by atoms with E-state index >= 15 is 0 Å². The number of nitrogens with zero attached hydrogens (tertiary/aromatic N) is 2. The first-order valence-corrected chi connectivity index (χ1v) is 8.34. The Labute approximate surface area is 144 Å². The van der Waals surface area contributed by atoms with E-state index in [1.54, 1.807) is 17.0 Å². The standard InChI is InChI=1S/C17H18N4O4/c22-14-5-4-13(16(24)19-14)21-9-11-10(17(21)25)2-1-3-12(11)20-7-6-18-8-15(20)23/h1-3,13,18H,4-9H2,(H,19,22,24). The van der Waals surface area contributed by atoms with Crippen LogP contribution in [0.15, 0.2) is 18.2 Å². The van der Waals surface area contributed by atoms with Crippen LogP contribution in [0.2, 0.25) is 0 Å². The maximum absolute atomic E-state index is 12.8. The molecule has 3 aliphatic heterocycles. The number of benzene rings is 1. The summed E-state index contributed by atoms with van der Waals surface area (Å²) in [7, 11) is 0. The highest BCUT2D eigenvalue weighted by molar-refractivity contribution is 6.07. The Kier molecular flexibility index (Phi) is 3.76. The van der Waals surface area contributed by atoms with E-state index in [2.05, 4.69) is 10.6 Å². The fourth-order valence-electron chi connectivity index (χ4n) is 3.68. The first kappa shape index (κ1) is 15.8. The molecule has 2 saturated heterocycles. The van der Waals surface area contributed by atoms with Gasteiger partial charge in [0.1, 0.15) is 6.04 Å². The van der Waals surface area contributed by atoms with Crippen molar-refractivity contribution in [3.05, 3.63) is 29.3 Å². The Morgan fingerprint density at radius 2 is 1.96 bits per heavy atom. The third kappa shape index (κ3) is 2.58. The van der Waals surface area contributed by atoms with Crippen molar-refractivity contribution in [1.82, 2.24) is 15.5 Å². The highest BCUT2D eigenvalue weighted by Gasteiger charge is 2.40. The van der Waals surface area contributed by atoms with Crippen molar-refractivity contribution in [2.24, 2.45) is 0 Å². The summed E-state index contributed by atoms with van der Waals surface area (Å²) < 4.78 is 0. The number of piperazine rings is 1. The molecule has 0 radical (unpaired) electrons. The number of amides is 4. The van der Waals surface area contributed by atoms with Crippen molar-refractivity contribution in [2.45, 2.75) is 25.4 Å². The lowest BCUT2D eigenvalue weighted by atomic mass is 10.0. The van der Waals surface area contributed by atoms with Crippen LogP contribution in [0.25, 0.3) is 0 Å². The number of imide groups is 1. The molecule has 1 aromatic carbocycles. The predicted octanol–water partition coefficient (Wildman–Crippen LogP) is -0.616. The smallest absolute Gasteiger partial charge is 0.255 e. The lowest BCUT2D eigenvalue weighted by Gasteiger charge is -2.30. The van der Waals surface area contributed by atoms with Crippen LogP contribution in [0.4, 0.5) is 5.69 Å². The largest absolute Gasteiger partial charge is 0.322 e. The van der Waals surface area contributed by atoms with Gasteiger partial charge in [0.15, 0.2) is 0 Å². The molecule has 3 heterocycles. The predicted molar refractivity (Wildman–Crippen MR) is 87.7 cm³/mol. The molecule has 1 aromatic rings. The number of anilines is 1. The van der Waals surface area contributed by atoms with Gasteiger partial charge in [-0.05, 0) is 18.6 Å². The molecule has 25 heavy (non-hydrogen) atoms. The SMILES string of the molecule is O=C1CCC(N2Cc3c(cccc3N3CCNCC3=O)C2=O)C(=O)N1. The van der Waals surface area contributed by atoms with E-state index in [1.165, 1.54) is 4.90 Å². The minimum atomic E-state index is -0.649. The Bertz CT molecular complexity index is 791. The van der Waals surface area contributed by atoms with Gasteiger partial charge in [0, 0.05) is 42.9 Å². The highest BCUT2D eigenvalue weighted by Crippen LogP contribution is 2.34. The van der Waals surface area contributed by atoms with E-state index in [4.69, 9.17) is 0 Å². The molecule has 0 saturated carbocycles. The van der Waals surface area contributed by atoms with E-state index in [0.717, 1.165) is 11.3 Å². The number of rotatable bonds is 2. The third-order valence-electron chi connectivity index (χ3n) is 4.94. The second-order valence-corrected chi connectivity index (χ2v) is 6.43. The minimum Gasteiger partial charge on any atom is -0.322 e. The molecule has 3 aliphatic rings.